The van der Waals surface area contributed by atoms with E-state index in [1.165, 1.54) is 5.56 Å². The third-order valence-corrected chi connectivity index (χ3v) is 7.51. The number of aliphatic hydroxyl groups is 1. The highest BCUT2D eigenvalue weighted by molar-refractivity contribution is 5.61. The summed E-state index contributed by atoms with van der Waals surface area (Å²) in [6.45, 7) is 6.03. The smallest absolute Gasteiger partial charge is 0.203 e. The van der Waals surface area contributed by atoms with Gasteiger partial charge in [0.15, 0.2) is 23.0 Å². The Morgan fingerprint density at radius 1 is 0.889 bits per heavy atom. The highest BCUT2D eigenvalue weighted by Gasteiger charge is 2.45. The van der Waals surface area contributed by atoms with Crippen LogP contribution in [0.15, 0.2) is 24.3 Å². The lowest BCUT2D eigenvalue weighted by Gasteiger charge is -2.45. The number of hydrogen-bond donors (Lipinski definition) is 1. The third-order valence-electron chi connectivity index (χ3n) is 7.51. The van der Waals surface area contributed by atoms with Gasteiger partial charge < -0.3 is 33.7 Å². The molecular formula is C29H43NO6. The van der Waals surface area contributed by atoms with E-state index in [-0.39, 0.29) is 11.8 Å². The topological polar surface area (TPSA) is 69.6 Å². The molecule has 1 N–H and O–H groups in total. The SMILES string of the molecule is COc1ccc(CCN(C)CC[C@@]2(O)CCc3c(cc(OC)c(OC)c3OC)[C@@H]2C(C)C)cc1OC. The van der Waals surface area contributed by atoms with E-state index in [9.17, 15) is 5.11 Å². The minimum Gasteiger partial charge on any atom is -0.493 e. The van der Waals surface area contributed by atoms with Crippen LogP contribution in [0.4, 0.5) is 0 Å². The molecule has 7 heteroatoms. The van der Waals surface area contributed by atoms with Crippen LogP contribution in [0.5, 0.6) is 28.7 Å². The number of rotatable bonds is 12. The highest BCUT2D eigenvalue weighted by atomic mass is 16.5. The molecule has 2 atom stereocenters. The molecule has 0 bridgehead atoms. The first-order valence-corrected chi connectivity index (χ1v) is 12.7. The summed E-state index contributed by atoms with van der Waals surface area (Å²) in [4.78, 5) is 2.29. The first-order valence-electron chi connectivity index (χ1n) is 12.7. The molecule has 0 unspecified atom stereocenters. The van der Waals surface area contributed by atoms with Crippen molar-refractivity contribution in [2.45, 2.75) is 51.0 Å². The average molecular weight is 502 g/mol. The Bertz CT molecular complexity index is 1020. The van der Waals surface area contributed by atoms with Crippen molar-refractivity contribution in [2.75, 3.05) is 55.7 Å². The predicted molar refractivity (Wildman–Crippen MR) is 142 cm³/mol. The van der Waals surface area contributed by atoms with Crippen molar-refractivity contribution in [1.82, 2.24) is 4.90 Å². The van der Waals surface area contributed by atoms with Crippen molar-refractivity contribution < 1.29 is 28.8 Å². The van der Waals surface area contributed by atoms with Crippen LogP contribution in [-0.4, -0.2) is 71.3 Å². The van der Waals surface area contributed by atoms with Gasteiger partial charge in [-0.15, -0.1) is 0 Å². The van der Waals surface area contributed by atoms with Crippen LogP contribution in [0.2, 0.25) is 0 Å². The summed E-state index contributed by atoms with van der Waals surface area (Å²) in [6.07, 6.45) is 2.99. The quantitative estimate of drug-likeness (QED) is 0.452. The van der Waals surface area contributed by atoms with Crippen molar-refractivity contribution in [3.05, 3.63) is 41.0 Å². The highest BCUT2D eigenvalue weighted by Crippen LogP contribution is 2.52. The molecule has 0 heterocycles. The fourth-order valence-electron chi connectivity index (χ4n) is 5.67. The Kier molecular flexibility index (Phi) is 9.36. The standard InChI is InChI=1S/C29H43NO6/c1-19(2)26-22-18-25(34-6)28(36-8)27(35-7)21(22)11-13-29(26,31)14-16-30(3)15-12-20-9-10-23(32-4)24(17-20)33-5/h9-10,17-19,26,31H,11-16H2,1-8H3/t26-,29-/m0/s1. The lowest BCUT2D eigenvalue weighted by molar-refractivity contribution is -0.0303. The van der Waals surface area contributed by atoms with Gasteiger partial charge in [-0.3, -0.25) is 0 Å². The minimum absolute atomic E-state index is 0.0331. The normalized spacial score (nSPS) is 19.2. The van der Waals surface area contributed by atoms with Gasteiger partial charge in [0.1, 0.15) is 0 Å². The van der Waals surface area contributed by atoms with Crippen molar-refractivity contribution in [2.24, 2.45) is 5.92 Å². The molecule has 0 aliphatic heterocycles. The van der Waals surface area contributed by atoms with Gasteiger partial charge in [-0.1, -0.05) is 19.9 Å². The van der Waals surface area contributed by atoms with Crippen LogP contribution < -0.4 is 23.7 Å². The number of likely N-dealkylation sites (N-methyl/N-ethyl adjacent to an activating group) is 1. The molecule has 0 saturated carbocycles. The molecule has 200 valence electrons. The van der Waals surface area contributed by atoms with Gasteiger partial charge >= 0.3 is 0 Å². The summed E-state index contributed by atoms with van der Waals surface area (Å²) < 4.78 is 27.8. The maximum absolute atomic E-state index is 12.0. The summed E-state index contributed by atoms with van der Waals surface area (Å²) in [5.74, 6) is 3.65. The summed E-state index contributed by atoms with van der Waals surface area (Å²) in [6, 6.07) is 8.08. The van der Waals surface area contributed by atoms with Crippen LogP contribution in [-0.2, 0) is 12.8 Å². The van der Waals surface area contributed by atoms with Crippen LogP contribution in [0.1, 0.15) is 49.3 Å². The maximum Gasteiger partial charge on any atom is 0.203 e. The molecule has 0 spiro atoms. The molecule has 0 radical (unpaired) electrons. The van der Waals surface area contributed by atoms with Gasteiger partial charge in [0, 0.05) is 24.6 Å². The molecular weight excluding hydrogens is 458 g/mol. The van der Waals surface area contributed by atoms with E-state index in [2.05, 4.69) is 31.9 Å². The molecule has 2 aromatic carbocycles. The number of methoxy groups -OCH3 is 5. The van der Waals surface area contributed by atoms with Crippen molar-refractivity contribution in [3.63, 3.8) is 0 Å². The van der Waals surface area contributed by atoms with Crippen molar-refractivity contribution in [1.29, 1.82) is 0 Å². The Hall–Kier alpha value is -2.64. The fraction of sp³-hybridized carbons (Fsp3) is 0.586. The van der Waals surface area contributed by atoms with E-state index in [0.29, 0.717) is 30.1 Å². The lowest BCUT2D eigenvalue weighted by Crippen LogP contribution is -2.45. The van der Waals surface area contributed by atoms with Gasteiger partial charge in [-0.2, -0.15) is 0 Å². The number of hydrogen-bond acceptors (Lipinski definition) is 7. The van der Waals surface area contributed by atoms with E-state index in [1.807, 2.05) is 18.2 Å². The van der Waals surface area contributed by atoms with E-state index < -0.39 is 5.60 Å². The monoisotopic (exact) mass is 501 g/mol. The number of benzene rings is 2. The lowest BCUT2D eigenvalue weighted by atomic mass is 9.65. The van der Waals surface area contributed by atoms with E-state index >= 15 is 0 Å². The summed E-state index contributed by atoms with van der Waals surface area (Å²) >= 11 is 0. The Labute approximate surface area is 216 Å². The number of fused-ring (bicyclic) bond motifs is 1. The molecule has 0 amide bonds. The van der Waals surface area contributed by atoms with Gasteiger partial charge in [0.2, 0.25) is 5.75 Å². The molecule has 0 saturated heterocycles. The number of nitrogens with zero attached hydrogens (tertiary/aromatic N) is 1. The molecule has 36 heavy (non-hydrogen) atoms. The molecule has 1 aliphatic rings. The fourth-order valence-corrected chi connectivity index (χ4v) is 5.67. The van der Waals surface area contributed by atoms with Crippen LogP contribution >= 0.6 is 0 Å². The Balaban J connectivity index is 1.75. The summed E-state index contributed by atoms with van der Waals surface area (Å²) in [7, 11) is 10.3. The molecule has 2 aromatic rings. The van der Waals surface area contributed by atoms with Gasteiger partial charge in [0.25, 0.3) is 0 Å². The third kappa shape index (κ3) is 5.68. The van der Waals surface area contributed by atoms with E-state index in [4.69, 9.17) is 23.7 Å². The van der Waals surface area contributed by atoms with Crippen LogP contribution in [0.25, 0.3) is 0 Å². The van der Waals surface area contributed by atoms with Gasteiger partial charge in [0.05, 0.1) is 41.2 Å². The Morgan fingerprint density at radius 2 is 1.56 bits per heavy atom. The van der Waals surface area contributed by atoms with E-state index in [0.717, 1.165) is 48.6 Å². The zero-order chi connectivity index (χ0) is 26.5. The zero-order valence-corrected chi connectivity index (χ0v) is 23.1. The first-order chi connectivity index (χ1) is 17.2. The van der Waals surface area contributed by atoms with Crippen LogP contribution in [0.3, 0.4) is 0 Å². The Morgan fingerprint density at radius 3 is 2.14 bits per heavy atom. The van der Waals surface area contributed by atoms with Crippen LogP contribution in [0, 0.1) is 5.92 Å². The predicted octanol–water partition coefficient (Wildman–Crippen LogP) is 4.71. The van der Waals surface area contributed by atoms with Crippen molar-refractivity contribution >= 4 is 0 Å². The average Bonchev–Trinajstić information content (AvgIpc) is 2.88. The van der Waals surface area contributed by atoms with Crippen molar-refractivity contribution in [3.8, 4) is 28.7 Å². The molecule has 1 aliphatic carbocycles. The minimum atomic E-state index is -0.816. The second-order valence-corrected chi connectivity index (χ2v) is 10.0. The summed E-state index contributed by atoms with van der Waals surface area (Å²) in [5, 5.41) is 12.0. The molecule has 0 fully saturated rings. The molecule has 7 nitrogen and oxygen atoms in total. The molecule has 3 rings (SSSR count). The number of ether oxygens (including phenoxy) is 5. The van der Waals surface area contributed by atoms with Gasteiger partial charge in [-0.05, 0) is 68.0 Å². The maximum atomic E-state index is 12.0. The molecule has 0 aromatic heterocycles. The summed E-state index contributed by atoms with van der Waals surface area (Å²) in [5.41, 5.74) is 2.59. The largest absolute Gasteiger partial charge is 0.493 e. The van der Waals surface area contributed by atoms with E-state index in [1.54, 1.807) is 35.5 Å². The zero-order valence-electron chi connectivity index (χ0n) is 23.1. The van der Waals surface area contributed by atoms with Gasteiger partial charge in [-0.25, -0.2) is 0 Å². The first kappa shape index (κ1) is 27.9. The second-order valence-electron chi connectivity index (χ2n) is 10.0. The second kappa shape index (κ2) is 12.1.